The highest BCUT2D eigenvalue weighted by atomic mass is 19.4. The molecule has 1 fully saturated rings. The molecule has 3 nitrogen and oxygen atoms in total. The fourth-order valence-corrected chi connectivity index (χ4v) is 1.86. The van der Waals surface area contributed by atoms with E-state index in [0.29, 0.717) is 13.2 Å². The molecule has 2 unspecified atom stereocenters. The Kier molecular flexibility index (Phi) is 6.22. The minimum absolute atomic E-state index is 0.0419. The van der Waals surface area contributed by atoms with Crippen molar-refractivity contribution in [3.05, 3.63) is 0 Å². The van der Waals surface area contributed by atoms with E-state index < -0.39 is 12.8 Å². The molecule has 102 valence electrons. The first-order valence-corrected chi connectivity index (χ1v) is 5.98. The van der Waals surface area contributed by atoms with Crippen molar-refractivity contribution in [3.63, 3.8) is 0 Å². The van der Waals surface area contributed by atoms with Crippen molar-refractivity contribution in [1.29, 1.82) is 0 Å². The quantitative estimate of drug-likeness (QED) is 0.754. The fraction of sp³-hybridized carbons (Fsp3) is 1.00. The molecule has 1 aliphatic rings. The van der Waals surface area contributed by atoms with Gasteiger partial charge >= 0.3 is 6.18 Å². The summed E-state index contributed by atoms with van der Waals surface area (Å²) in [6, 6.07) is -0.0419. The second kappa shape index (κ2) is 7.18. The lowest BCUT2D eigenvalue weighted by Gasteiger charge is -2.23. The molecular formula is C11H20F3NO2. The summed E-state index contributed by atoms with van der Waals surface area (Å²) in [6.45, 7) is 3.02. The Morgan fingerprint density at radius 3 is 2.76 bits per heavy atom. The van der Waals surface area contributed by atoms with Crippen molar-refractivity contribution in [2.45, 2.75) is 32.0 Å². The summed E-state index contributed by atoms with van der Waals surface area (Å²) in [4.78, 5) is 0. The van der Waals surface area contributed by atoms with Gasteiger partial charge in [-0.2, -0.15) is 13.2 Å². The van der Waals surface area contributed by atoms with Gasteiger partial charge in [-0.05, 0) is 19.4 Å². The van der Waals surface area contributed by atoms with Crippen LogP contribution in [0.2, 0.25) is 0 Å². The van der Waals surface area contributed by atoms with Crippen LogP contribution >= 0.6 is 0 Å². The van der Waals surface area contributed by atoms with Crippen LogP contribution in [0.3, 0.4) is 0 Å². The summed E-state index contributed by atoms with van der Waals surface area (Å²) in [5.74, 6) is 0.259. The van der Waals surface area contributed by atoms with Crippen LogP contribution in [0.25, 0.3) is 0 Å². The number of hydrogen-bond acceptors (Lipinski definition) is 3. The van der Waals surface area contributed by atoms with Crippen molar-refractivity contribution < 1.29 is 22.6 Å². The Bertz CT molecular complexity index is 205. The summed E-state index contributed by atoms with van der Waals surface area (Å²) in [7, 11) is 0. The largest absolute Gasteiger partial charge is 0.411 e. The minimum Gasteiger partial charge on any atom is -0.381 e. The predicted molar refractivity (Wildman–Crippen MR) is 57.9 cm³/mol. The van der Waals surface area contributed by atoms with E-state index in [4.69, 9.17) is 9.47 Å². The average molecular weight is 255 g/mol. The Hall–Kier alpha value is -0.330. The van der Waals surface area contributed by atoms with E-state index >= 15 is 0 Å². The lowest BCUT2D eigenvalue weighted by Crippen LogP contribution is -2.41. The number of alkyl halides is 3. The molecule has 0 bridgehead atoms. The van der Waals surface area contributed by atoms with E-state index in [2.05, 4.69) is 5.32 Å². The van der Waals surface area contributed by atoms with Gasteiger partial charge in [0.25, 0.3) is 0 Å². The van der Waals surface area contributed by atoms with Crippen molar-refractivity contribution in [1.82, 2.24) is 5.32 Å². The molecule has 0 saturated carbocycles. The van der Waals surface area contributed by atoms with Gasteiger partial charge in [0.15, 0.2) is 0 Å². The van der Waals surface area contributed by atoms with Gasteiger partial charge in [-0.15, -0.1) is 0 Å². The zero-order chi connectivity index (χ0) is 12.7. The fourth-order valence-electron chi connectivity index (χ4n) is 1.86. The number of halogens is 3. The normalized spacial score (nSPS) is 22.9. The molecule has 1 rings (SSSR count). The highest BCUT2D eigenvalue weighted by Crippen LogP contribution is 2.19. The average Bonchev–Trinajstić information content (AvgIpc) is 2.74. The first kappa shape index (κ1) is 14.7. The van der Waals surface area contributed by atoms with Crippen LogP contribution in [0.4, 0.5) is 13.2 Å². The van der Waals surface area contributed by atoms with Crippen LogP contribution < -0.4 is 5.32 Å². The van der Waals surface area contributed by atoms with E-state index in [1.807, 2.05) is 6.92 Å². The van der Waals surface area contributed by atoms with Gasteiger partial charge in [0.05, 0.1) is 13.2 Å². The number of ether oxygens (including phenoxy) is 2. The molecule has 0 amide bonds. The van der Waals surface area contributed by atoms with Gasteiger partial charge in [0.1, 0.15) is 6.61 Å². The van der Waals surface area contributed by atoms with Crippen molar-refractivity contribution in [2.75, 3.05) is 33.0 Å². The molecule has 2 atom stereocenters. The van der Waals surface area contributed by atoms with E-state index in [-0.39, 0.29) is 18.6 Å². The monoisotopic (exact) mass is 255 g/mol. The molecule has 0 spiro atoms. The standard InChI is InChI=1S/C11H20F3NO2/c1-2-4-15-10(9-3-5-16-6-9)7-17-8-11(12,13)14/h9-10,15H,2-8H2,1H3. The van der Waals surface area contributed by atoms with Crippen LogP contribution in [0.1, 0.15) is 19.8 Å². The Morgan fingerprint density at radius 2 is 2.24 bits per heavy atom. The number of hydrogen-bond donors (Lipinski definition) is 1. The SMILES string of the molecule is CCCNC(COCC(F)(F)F)C1CCOC1. The second-order valence-corrected chi connectivity index (χ2v) is 4.31. The van der Waals surface area contributed by atoms with Gasteiger partial charge in [0.2, 0.25) is 0 Å². The van der Waals surface area contributed by atoms with Crippen LogP contribution in [0.15, 0.2) is 0 Å². The summed E-state index contributed by atoms with van der Waals surface area (Å²) in [5.41, 5.74) is 0. The van der Waals surface area contributed by atoms with E-state index in [1.54, 1.807) is 0 Å². The predicted octanol–water partition coefficient (Wildman–Crippen LogP) is 1.97. The summed E-state index contributed by atoms with van der Waals surface area (Å²) in [5, 5.41) is 3.23. The van der Waals surface area contributed by atoms with Crippen LogP contribution in [0, 0.1) is 5.92 Å². The van der Waals surface area contributed by atoms with Crippen LogP contribution in [-0.4, -0.2) is 45.2 Å². The molecule has 0 aromatic rings. The van der Waals surface area contributed by atoms with Gasteiger partial charge in [-0.3, -0.25) is 0 Å². The van der Waals surface area contributed by atoms with Crippen LogP contribution in [0.5, 0.6) is 0 Å². The first-order valence-electron chi connectivity index (χ1n) is 5.98. The maximum Gasteiger partial charge on any atom is 0.411 e. The maximum absolute atomic E-state index is 12.0. The summed E-state index contributed by atoms with van der Waals surface area (Å²) >= 11 is 0. The topological polar surface area (TPSA) is 30.5 Å². The van der Waals surface area contributed by atoms with Gasteiger partial charge < -0.3 is 14.8 Å². The molecular weight excluding hydrogens is 235 g/mol. The van der Waals surface area contributed by atoms with Gasteiger partial charge in [-0.25, -0.2) is 0 Å². The third-order valence-electron chi connectivity index (χ3n) is 2.75. The van der Waals surface area contributed by atoms with Crippen LogP contribution in [-0.2, 0) is 9.47 Å². The smallest absolute Gasteiger partial charge is 0.381 e. The molecule has 1 N–H and O–H groups in total. The van der Waals surface area contributed by atoms with Crippen molar-refractivity contribution in [2.24, 2.45) is 5.92 Å². The number of nitrogens with one attached hydrogen (secondary N) is 1. The lowest BCUT2D eigenvalue weighted by molar-refractivity contribution is -0.176. The molecule has 1 saturated heterocycles. The molecule has 6 heteroatoms. The Labute approximate surface area is 99.7 Å². The van der Waals surface area contributed by atoms with Gasteiger partial charge in [-0.1, -0.05) is 6.92 Å². The first-order chi connectivity index (χ1) is 8.03. The minimum atomic E-state index is -4.25. The zero-order valence-corrected chi connectivity index (χ0v) is 10.1. The Morgan fingerprint density at radius 1 is 1.47 bits per heavy atom. The highest BCUT2D eigenvalue weighted by molar-refractivity contribution is 4.79. The van der Waals surface area contributed by atoms with E-state index in [0.717, 1.165) is 19.4 Å². The molecule has 0 aliphatic carbocycles. The van der Waals surface area contributed by atoms with E-state index in [9.17, 15) is 13.2 Å². The molecule has 1 heterocycles. The second-order valence-electron chi connectivity index (χ2n) is 4.31. The molecule has 0 aromatic heterocycles. The van der Waals surface area contributed by atoms with Crippen molar-refractivity contribution in [3.8, 4) is 0 Å². The summed E-state index contributed by atoms with van der Waals surface area (Å²) in [6.07, 6.45) is -2.42. The Balaban J connectivity index is 2.29. The summed E-state index contributed by atoms with van der Waals surface area (Å²) < 4.78 is 45.9. The molecule has 0 aromatic carbocycles. The highest BCUT2D eigenvalue weighted by Gasteiger charge is 2.30. The molecule has 1 aliphatic heterocycles. The zero-order valence-electron chi connectivity index (χ0n) is 10.1. The maximum atomic E-state index is 12.0. The molecule has 0 radical (unpaired) electrons. The third-order valence-corrected chi connectivity index (χ3v) is 2.75. The third kappa shape index (κ3) is 6.24. The van der Waals surface area contributed by atoms with Gasteiger partial charge in [0, 0.05) is 18.6 Å². The number of rotatable bonds is 7. The van der Waals surface area contributed by atoms with E-state index in [1.165, 1.54) is 0 Å². The lowest BCUT2D eigenvalue weighted by atomic mass is 9.99. The van der Waals surface area contributed by atoms with Crippen molar-refractivity contribution >= 4 is 0 Å². The molecule has 17 heavy (non-hydrogen) atoms.